The van der Waals surface area contributed by atoms with Crippen molar-refractivity contribution in [3.63, 3.8) is 0 Å². The summed E-state index contributed by atoms with van der Waals surface area (Å²) in [6.45, 7) is 8.18. The molecule has 0 spiro atoms. The minimum absolute atomic E-state index is 0.00131. The molecule has 1 amide bonds. The Kier molecular flexibility index (Phi) is 5.50. The molecule has 1 aliphatic heterocycles. The summed E-state index contributed by atoms with van der Waals surface area (Å²) in [5.41, 5.74) is 4.03. The van der Waals surface area contributed by atoms with Crippen LogP contribution < -0.4 is 0 Å². The average Bonchev–Trinajstić information content (AvgIpc) is 2.94. The number of benzene rings is 1. The van der Waals surface area contributed by atoms with Crippen molar-refractivity contribution in [2.24, 2.45) is 0 Å². The van der Waals surface area contributed by atoms with Crippen molar-refractivity contribution < 1.29 is 14.3 Å². The van der Waals surface area contributed by atoms with Gasteiger partial charge in [0.25, 0.3) is 0 Å². The molecule has 0 saturated carbocycles. The van der Waals surface area contributed by atoms with Gasteiger partial charge in [0, 0.05) is 24.4 Å². The average molecular weight is 343 g/mol. The second-order valence-corrected chi connectivity index (χ2v) is 6.15. The van der Waals surface area contributed by atoms with E-state index in [0.29, 0.717) is 26.4 Å². The zero-order valence-electron chi connectivity index (χ0n) is 15.1. The van der Waals surface area contributed by atoms with Crippen LogP contribution in [0.4, 0.5) is 0 Å². The molecular formula is C19H25N3O3. The Morgan fingerprint density at radius 1 is 1.32 bits per heavy atom. The molecule has 1 aliphatic rings. The topological polar surface area (TPSA) is 56.6 Å². The van der Waals surface area contributed by atoms with Gasteiger partial charge in [0.2, 0.25) is 5.91 Å². The van der Waals surface area contributed by atoms with E-state index >= 15 is 0 Å². The number of aryl methyl sites for hydroxylation is 1. The van der Waals surface area contributed by atoms with Gasteiger partial charge < -0.3 is 14.4 Å². The largest absolute Gasteiger partial charge is 0.377 e. The number of rotatable bonds is 5. The standard InChI is InChI=1S/C19H25N3O3/c1-4-24-13-18(23)21-10-11-25-12-17(21)19-14(2)20-22(15(19)3)16-8-6-5-7-9-16/h5-9,17H,4,10-13H2,1-3H3/t17-/m0/s1. The van der Waals surface area contributed by atoms with Crippen LogP contribution in [-0.4, -0.2) is 53.6 Å². The maximum absolute atomic E-state index is 12.6. The third-order valence-electron chi connectivity index (χ3n) is 4.56. The van der Waals surface area contributed by atoms with Gasteiger partial charge in [-0.15, -0.1) is 0 Å². The summed E-state index contributed by atoms with van der Waals surface area (Å²) in [5, 5.41) is 4.70. The monoisotopic (exact) mass is 343 g/mol. The van der Waals surface area contributed by atoms with Crippen molar-refractivity contribution in [1.82, 2.24) is 14.7 Å². The van der Waals surface area contributed by atoms with E-state index in [1.807, 2.05) is 60.7 Å². The van der Waals surface area contributed by atoms with Gasteiger partial charge in [-0.2, -0.15) is 5.10 Å². The molecule has 0 bridgehead atoms. The van der Waals surface area contributed by atoms with Crippen LogP contribution in [0.2, 0.25) is 0 Å². The summed E-state index contributed by atoms with van der Waals surface area (Å²) in [7, 11) is 0. The van der Waals surface area contributed by atoms with Crippen LogP contribution in [-0.2, 0) is 14.3 Å². The smallest absolute Gasteiger partial charge is 0.249 e. The molecule has 0 aliphatic carbocycles. The summed E-state index contributed by atoms with van der Waals surface area (Å²) in [4.78, 5) is 14.4. The van der Waals surface area contributed by atoms with Crippen molar-refractivity contribution in [2.75, 3.05) is 33.0 Å². The first-order valence-corrected chi connectivity index (χ1v) is 8.70. The van der Waals surface area contributed by atoms with Crippen molar-refractivity contribution in [1.29, 1.82) is 0 Å². The van der Waals surface area contributed by atoms with Crippen LogP contribution in [0.1, 0.15) is 29.9 Å². The Morgan fingerprint density at radius 2 is 2.08 bits per heavy atom. The first-order chi connectivity index (χ1) is 12.1. The highest BCUT2D eigenvalue weighted by Gasteiger charge is 2.32. The van der Waals surface area contributed by atoms with Crippen LogP contribution >= 0.6 is 0 Å². The summed E-state index contributed by atoms with van der Waals surface area (Å²) >= 11 is 0. The second kappa shape index (κ2) is 7.80. The summed E-state index contributed by atoms with van der Waals surface area (Å²) in [5.74, 6) is 0.00131. The molecule has 1 saturated heterocycles. The molecule has 25 heavy (non-hydrogen) atoms. The maximum atomic E-state index is 12.6. The van der Waals surface area contributed by atoms with E-state index in [4.69, 9.17) is 14.6 Å². The van der Waals surface area contributed by atoms with Crippen LogP contribution in [0.5, 0.6) is 0 Å². The fraction of sp³-hybridized carbons (Fsp3) is 0.474. The molecule has 1 fully saturated rings. The first kappa shape index (κ1) is 17.6. The lowest BCUT2D eigenvalue weighted by Gasteiger charge is -2.36. The van der Waals surface area contributed by atoms with Gasteiger partial charge in [-0.1, -0.05) is 18.2 Å². The summed E-state index contributed by atoms with van der Waals surface area (Å²) in [6.07, 6.45) is 0. The van der Waals surface area contributed by atoms with Gasteiger partial charge in [0.1, 0.15) is 6.61 Å². The Labute approximate surface area is 148 Å². The van der Waals surface area contributed by atoms with Gasteiger partial charge in [-0.05, 0) is 32.9 Å². The maximum Gasteiger partial charge on any atom is 0.249 e. The molecule has 1 aromatic carbocycles. The van der Waals surface area contributed by atoms with Crippen molar-refractivity contribution in [3.8, 4) is 5.69 Å². The van der Waals surface area contributed by atoms with E-state index in [2.05, 4.69) is 0 Å². The summed E-state index contributed by atoms with van der Waals surface area (Å²) < 4.78 is 12.9. The van der Waals surface area contributed by atoms with E-state index in [9.17, 15) is 4.79 Å². The molecule has 6 nitrogen and oxygen atoms in total. The third kappa shape index (κ3) is 3.60. The van der Waals surface area contributed by atoms with Crippen LogP contribution in [0, 0.1) is 13.8 Å². The highest BCUT2D eigenvalue weighted by atomic mass is 16.5. The van der Waals surface area contributed by atoms with E-state index < -0.39 is 0 Å². The minimum Gasteiger partial charge on any atom is -0.377 e. The molecule has 134 valence electrons. The zero-order chi connectivity index (χ0) is 17.8. The van der Waals surface area contributed by atoms with Gasteiger partial charge >= 0.3 is 0 Å². The lowest BCUT2D eigenvalue weighted by atomic mass is 10.0. The Hall–Kier alpha value is -2.18. The number of para-hydroxylation sites is 1. The molecule has 0 unspecified atom stereocenters. The van der Waals surface area contributed by atoms with Gasteiger partial charge in [-0.25, -0.2) is 4.68 Å². The van der Waals surface area contributed by atoms with E-state index in [1.165, 1.54) is 0 Å². The number of nitrogens with zero attached hydrogens (tertiary/aromatic N) is 3. The number of amides is 1. The SMILES string of the molecule is CCOCC(=O)N1CCOC[C@H]1c1c(C)nn(-c2ccccc2)c1C. The lowest BCUT2D eigenvalue weighted by Crippen LogP contribution is -2.45. The van der Waals surface area contributed by atoms with Crippen molar-refractivity contribution >= 4 is 5.91 Å². The Morgan fingerprint density at radius 3 is 2.80 bits per heavy atom. The minimum atomic E-state index is -0.126. The van der Waals surface area contributed by atoms with E-state index in [-0.39, 0.29) is 18.6 Å². The summed E-state index contributed by atoms with van der Waals surface area (Å²) in [6, 6.07) is 9.90. The molecule has 3 rings (SSSR count). The Balaban J connectivity index is 1.94. The molecule has 1 aromatic heterocycles. The Bertz CT molecular complexity index is 727. The quantitative estimate of drug-likeness (QED) is 0.837. The number of hydrogen-bond donors (Lipinski definition) is 0. The molecule has 2 aromatic rings. The van der Waals surface area contributed by atoms with Gasteiger partial charge in [0.15, 0.2) is 0 Å². The molecule has 1 atom stereocenters. The van der Waals surface area contributed by atoms with Gasteiger partial charge in [0.05, 0.1) is 30.6 Å². The van der Waals surface area contributed by atoms with Crippen LogP contribution in [0.15, 0.2) is 30.3 Å². The molecule has 6 heteroatoms. The molecule has 0 radical (unpaired) electrons. The number of ether oxygens (including phenoxy) is 2. The number of aromatic nitrogens is 2. The molecular weight excluding hydrogens is 318 g/mol. The van der Waals surface area contributed by atoms with E-state index in [1.54, 1.807) is 0 Å². The molecule has 2 heterocycles. The lowest BCUT2D eigenvalue weighted by molar-refractivity contribution is -0.145. The number of morpholine rings is 1. The van der Waals surface area contributed by atoms with Gasteiger partial charge in [-0.3, -0.25) is 4.79 Å². The molecule has 0 N–H and O–H groups in total. The van der Waals surface area contributed by atoms with Crippen LogP contribution in [0.25, 0.3) is 5.69 Å². The van der Waals surface area contributed by atoms with E-state index in [0.717, 1.165) is 22.6 Å². The van der Waals surface area contributed by atoms with Crippen molar-refractivity contribution in [2.45, 2.75) is 26.8 Å². The second-order valence-electron chi connectivity index (χ2n) is 6.15. The predicted molar refractivity (Wildman–Crippen MR) is 94.8 cm³/mol. The number of carbonyl (C=O) groups excluding carboxylic acids is 1. The fourth-order valence-corrected chi connectivity index (χ4v) is 3.37. The highest BCUT2D eigenvalue weighted by molar-refractivity contribution is 5.78. The predicted octanol–water partition coefficient (Wildman–Crippen LogP) is 2.43. The number of hydrogen-bond acceptors (Lipinski definition) is 4. The normalized spacial score (nSPS) is 17.7. The zero-order valence-corrected chi connectivity index (χ0v) is 15.1. The highest BCUT2D eigenvalue weighted by Crippen LogP contribution is 2.30. The van der Waals surface area contributed by atoms with Crippen LogP contribution in [0.3, 0.4) is 0 Å². The first-order valence-electron chi connectivity index (χ1n) is 8.70. The number of carbonyl (C=O) groups is 1. The third-order valence-corrected chi connectivity index (χ3v) is 4.56. The fourth-order valence-electron chi connectivity index (χ4n) is 3.37. The van der Waals surface area contributed by atoms with Crippen molar-refractivity contribution in [3.05, 3.63) is 47.3 Å².